The van der Waals surface area contributed by atoms with Gasteiger partial charge in [-0.1, -0.05) is 11.6 Å². The quantitative estimate of drug-likeness (QED) is 0.528. The van der Waals surface area contributed by atoms with Crippen LogP contribution in [0.2, 0.25) is 5.02 Å². The van der Waals surface area contributed by atoms with Crippen LogP contribution in [0.15, 0.2) is 30.5 Å². The van der Waals surface area contributed by atoms with Gasteiger partial charge >= 0.3 is 12.1 Å². The number of hydrogen-bond donors (Lipinski definition) is 3. The maximum atomic E-state index is 12.5. The number of piperidine rings is 1. The maximum Gasteiger partial charge on any atom is 0.407 e. The molecule has 13 heteroatoms. The average molecular weight is 519 g/mol. The third-order valence-corrected chi connectivity index (χ3v) is 6.84. The molecule has 5 rings (SSSR count). The molecule has 3 N–H and O–H groups in total. The third kappa shape index (κ3) is 5.06. The number of nitrogens with one attached hydrogen (secondary N) is 1. The van der Waals surface area contributed by atoms with Crippen molar-refractivity contribution in [2.45, 2.75) is 25.4 Å². The number of anilines is 2. The number of benzene rings is 1. The van der Waals surface area contributed by atoms with Crippen LogP contribution in [0.25, 0.3) is 0 Å². The van der Waals surface area contributed by atoms with Crippen molar-refractivity contribution in [1.82, 2.24) is 20.2 Å². The van der Waals surface area contributed by atoms with Crippen LogP contribution in [0.4, 0.5) is 21.0 Å². The van der Waals surface area contributed by atoms with Gasteiger partial charge in [-0.15, -0.1) is 0 Å². The Morgan fingerprint density at radius 1 is 1.14 bits per heavy atom. The second-order valence-corrected chi connectivity index (χ2v) is 9.25. The number of ether oxygens (including phenoxy) is 2. The van der Waals surface area contributed by atoms with Crippen molar-refractivity contribution in [1.29, 1.82) is 0 Å². The van der Waals surface area contributed by atoms with Crippen LogP contribution in [-0.2, 0) is 6.54 Å². The number of pyridine rings is 1. The van der Waals surface area contributed by atoms with E-state index in [2.05, 4.69) is 15.3 Å². The largest absolute Gasteiger partial charge is 0.486 e. The highest BCUT2D eigenvalue weighted by Gasteiger charge is 2.31. The van der Waals surface area contributed by atoms with Crippen LogP contribution < -0.4 is 25.0 Å². The lowest BCUT2D eigenvalue weighted by atomic mass is 10.0. The number of fused-ring (bicyclic) bond motifs is 2. The molecule has 2 aromatic rings. The first kappa shape index (κ1) is 24.2. The second-order valence-electron chi connectivity index (χ2n) is 8.82. The normalized spacial score (nSPS) is 18.0. The molecule has 12 nitrogen and oxygen atoms in total. The highest BCUT2D eigenvalue weighted by atomic mass is 35.5. The van der Waals surface area contributed by atoms with E-state index < -0.39 is 12.1 Å². The Labute approximate surface area is 212 Å². The van der Waals surface area contributed by atoms with Crippen LogP contribution in [0.3, 0.4) is 0 Å². The summed E-state index contributed by atoms with van der Waals surface area (Å²) in [6.45, 7) is 3.44. The smallest absolute Gasteiger partial charge is 0.407 e. The molecule has 0 spiro atoms. The number of halogens is 1. The molecule has 4 heterocycles. The Kier molecular flexibility index (Phi) is 6.90. The summed E-state index contributed by atoms with van der Waals surface area (Å²) in [7, 11) is 0. The van der Waals surface area contributed by atoms with Crippen LogP contribution in [-0.4, -0.2) is 82.7 Å². The zero-order valence-electron chi connectivity index (χ0n) is 19.5. The number of rotatable bonds is 6. The first-order valence-corrected chi connectivity index (χ1v) is 12.1. The van der Waals surface area contributed by atoms with Crippen molar-refractivity contribution < 1.29 is 29.4 Å². The van der Waals surface area contributed by atoms with Gasteiger partial charge in [0.25, 0.3) is 0 Å². The first-order valence-electron chi connectivity index (χ1n) is 11.7. The minimum Gasteiger partial charge on any atom is -0.486 e. The fraction of sp³-hybridized carbons (Fsp3) is 0.435. The van der Waals surface area contributed by atoms with Gasteiger partial charge in [-0.2, -0.15) is 5.17 Å². The predicted octanol–water partition coefficient (Wildman–Crippen LogP) is 2.79. The standard InChI is InChI=1S/C23H27ClN6O6/c24-15-1-2-18-19(11-15)28(22(31)26-30(18)34)8-7-27-5-3-17(4-6-27)29(23(32)33)14-16-12-20-21(13-25-16)36-10-9-35-20/h1-2,11-13,17,34H,3-10,14H2,(H,26,31)(H,32,33). The summed E-state index contributed by atoms with van der Waals surface area (Å²) in [5.74, 6) is 1.15. The SMILES string of the molecule is O=C1NN(O)c2ccc(Cl)cc2N1CCN1CCC(N(Cc2cc3c(cn2)OCCO3)C(=O)O)CC1. The van der Waals surface area contributed by atoms with E-state index >= 15 is 0 Å². The zero-order chi connectivity index (χ0) is 25.2. The van der Waals surface area contributed by atoms with E-state index in [1.54, 1.807) is 30.5 Å². The molecule has 0 bridgehead atoms. The fourth-order valence-corrected chi connectivity index (χ4v) is 4.90. The summed E-state index contributed by atoms with van der Waals surface area (Å²) in [6, 6.07) is 6.05. The summed E-state index contributed by atoms with van der Waals surface area (Å²) >= 11 is 6.11. The number of hydrazine groups is 1. The minimum absolute atomic E-state index is 0.144. The number of aromatic nitrogens is 1. The predicted molar refractivity (Wildman–Crippen MR) is 130 cm³/mol. The number of carbonyl (C=O) groups excluding carboxylic acids is 1. The Morgan fingerprint density at radius 3 is 2.64 bits per heavy atom. The fourth-order valence-electron chi connectivity index (χ4n) is 4.73. The Bertz CT molecular complexity index is 1140. The van der Waals surface area contributed by atoms with Crippen LogP contribution in [0.5, 0.6) is 11.5 Å². The van der Waals surface area contributed by atoms with Gasteiger partial charge in [0, 0.05) is 43.3 Å². The lowest BCUT2D eigenvalue weighted by Crippen LogP contribution is -2.55. The number of likely N-dealkylation sites (tertiary alicyclic amines) is 1. The molecule has 1 aromatic heterocycles. The van der Waals surface area contributed by atoms with E-state index in [-0.39, 0.29) is 12.6 Å². The van der Waals surface area contributed by atoms with Crippen LogP contribution in [0, 0.1) is 0 Å². The second kappa shape index (κ2) is 10.2. The molecule has 1 aromatic carbocycles. The van der Waals surface area contributed by atoms with Crippen molar-refractivity contribution >= 4 is 35.1 Å². The summed E-state index contributed by atoms with van der Waals surface area (Å²) in [6.07, 6.45) is 1.91. The monoisotopic (exact) mass is 518 g/mol. The van der Waals surface area contributed by atoms with E-state index in [9.17, 15) is 19.9 Å². The molecule has 36 heavy (non-hydrogen) atoms. The lowest BCUT2D eigenvalue weighted by molar-refractivity contribution is 0.0864. The van der Waals surface area contributed by atoms with Gasteiger partial charge in [0.1, 0.15) is 18.9 Å². The van der Waals surface area contributed by atoms with Gasteiger partial charge in [0.2, 0.25) is 0 Å². The number of carboxylic acid groups (broad SMARTS) is 1. The Balaban J connectivity index is 1.18. The van der Waals surface area contributed by atoms with Gasteiger partial charge < -0.3 is 19.5 Å². The molecular weight excluding hydrogens is 492 g/mol. The van der Waals surface area contributed by atoms with E-state index in [4.69, 9.17) is 21.1 Å². The van der Waals surface area contributed by atoms with E-state index in [0.717, 1.165) is 0 Å². The van der Waals surface area contributed by atoms with Crippen molar-refractivity contribution in [3.8, 4) is 11.5 Å². The van der Waals surface area contributed by atoms with Crippen LogP contribution in [0.1, 0.15) is 18.5 Å². The molecule has 0 atom stereocenters. The summed E-state index contributed by atoms with van der Waals surface area (Å²) in [5.41, 5.74) is 3.95. The molecular formula is C23H27ClN6O6. The van der Waals surface area contributed by atoms with Gasteiger partial charge in [0.15, 0.2) is 11.5 Å². The topological polar surface area (TPSA) is 131 Å². The highest BCUT2D eigenvalue weighted by Crippen LogP contribution is 2.34. The average Bonchev–Trinajstić information content (AvgIpc) is 2.87. The number of urea groups is 1. The molecule has 0 unspecified atom stereocenters. The summed E-state index contributed by atoms with van der Waals surface area (Å²) < 4.78 is 11.1. The molecule has 3 aliphatic rings. The highest BCUT2D eigenvalue weighted by molar-refractivity contribution is 6.31. The number of amides is 3. The molecule has 1 fully saturated rings. The maximum absolute atomic E-state index is 12.5. The van der Waals surface area contributed by atoms with Crippen molar-refractivity contribution in [2.75, 3.05) is 49.5 Å². The number of carbonyl (C=O) groups is 2. The van der Waals surface area contributed by atoms with Gasteiger partial charge in [-0.05, 0) is 31.0 Å². The van der Waals surface area contributed by atoms with E-state index in [1.807, 2.05) is 0 Å². The summed E-state index contributed by atoms with van der Waals surface area (Å²) in [4.78, 5) is 34.1. The number of nitrogens with zero attached hydrogens (tertiary/aromatic N) is 5. The first-order chi connectivity index (χ1) is 17.4. The van der Waals surface area contributed by atoms with E-state index in [1.165, 1.54) is 9.80 Å². The molecule has 0 radical (unpaired) electrons. The van der Waals surface area contributed by atoms with Gasteiger partial charge in [0.05, 0.1) is 24.1 Å². The molecule has 1 saturated heterocycles. The van der Waals surface area contributed by atoms with Crippen LogP contribution >= 0.6 is 11.6 Å². The molecule has 0 aliphatic carbocycles. The molecule has 3 aliphatic heterocycles. The molecule has 3 amide bonds. The Morgan fingerprint density at radius 2 is 1.89 bits per heavy atom. The minimum atomic E-state index is -0.989. The van der Waals surface area contributed by atoms with Crippen molar-refractivity contribution in [2.24, 2.45) is 0 Å². The van der Waals surface area contributed by atoms with Crippen molar-refractivity contribution in [3.05, 3.63) is 41.2 Å². The van der Waals surface area contributed by atoms with E-state index in [0.29, 0.717) is 91.0 Å². The summed E-state index contributed by atoms with van der Waals surface area (Å²) in [5, 5.41) is 21.0. The van der Waals surface area contributed by atoms with Crippen molar-refractivity contribution in [3.63, 3.8) is 0 Å². The lowest BCUT2D eigenvalue weighted by Gasteiger charge is -2.39. The molecule has 192 valence electrons. The third-order valence-electron chi connectivity index (χ3n) is 6.61. The zero-order valence-corrected chi connectivity index (χ0v) is 20.2. The Hall–Kier alpha value is -3.48. The van der Waals surface area contributed by atoms with Gasteiger partial charge in [-0.3, -0.25) is 20.0 Å². The number of hydrogen-bond acceptors (Lipinski definition) is 8. The molecule has 0 saturated carbocycles. The van der Waals surface area contributed by atoms with Gasteiger partial charge in [-0.25, -0.2) is 15.0 Å².